The lowest BCUT2D eigenvalue weighted by molar-refractivity contribution is 0.172. The van der Waals surface area contributed by atoms with Crippen LogP contribution in [-0.4, -0.2) is 28.3 Å². The van der Waals surface area contributed by atoms with Gasteiger partial charge in [0.2, 0.25) is 0 Å². The van der Waals surface area contributed by atoms with Gasteiger partial charge in [0.05, 0.1) is 7.11 Å². The molecule has 188 valence electrons. The summed E-state index contributed by atoms with van der Waals surface area (Å²) >= 11 is 1.45. The summed E-state index contributed by atoms with van der Waals surface area (Å²) < 4.78 is 6.96. The van der Waals surface area contributed by atoms with Gasteiger partial charge in [0.25, 0.3) is 5.56 Å². The number of carbonyl (C=O) groups is 1. The van der Waals surface area contributed by atoms with Crippen molar-refractivity contribution in [3.05, 3.63) is 64.3 Å². The lowest BCUT2D eigenvalue weighted by Gasteiger charge is -2.37. The van der Waals surface area contributed by atoms with Crippen LogP contribution in [0.3, 0.4) is 0 Å². The summed E-state index contributed by atoms with van der Waals surface area (Å²) in [5, 5.41) is 3.88. The number of carbonyl (C=O) groups excluding carboxylic acids is 1. The zero-order valence-corrected chi connectivity index (χ0v) is 22.3. The maximum Gasteiger partial charge on any atom is 0.415 e. The van der Waals surface area contributed by atoms with Crippen LogP contribution in [0, 0.1) is 5.92 Å². The molecule has 0 fully saturated rings. The molecule has 0 saturated carbocycles. The number of ether oxygens (including phenoxy) is 1. The molecule has 4 rings (SSSR count). The highest BCUT2D eigenvalue weighted by molar-refractivity contribution is 7.13. The van der Waals surface area contributed by atoms with Crippen molar-refractivity contribution >= 4 is 39.8 Å². The highest BCUT2D eigenvalue weighted by atomic mass is 32.1. The third-order valence-electron chi connectivity index (χ3n) is 5.86. The number of benzene rings is 2. The number of pyridine rings is 1. The predicted octanol–water partition coefficient (Wildman–Crippen LogP) is 6.40. The Morgan fingerprint density at radius 2 is 1.81 bits per heavy atom. The second-order valence-corrected chi connectivity index (χ2v) is 11.0. The first kappa shape index (κ1) is 25.4. The smallest absolute Gasteiger partial charge is 0.415 e. The fraction of sp³-hybridized carbons (Fsp3) is 0.321. The van der Waals surface area contributed by atoms with Crippen molar-refractivity contribution in [1.82, 2.24) is 9.55 Å². The Kier molecular flexibility index (Phi) is 6.91. The molecule has 7 nitrogen and oxygen atoms in total. The fourth-order valence-corrected chi connectivity index (χ4v) is 5.12. The van der Waals surface area contributed by atoms with E-state index in [4.69, 9.17) is 10.5 Å². The first-order valence-electron chi connectivity index (χ1n) is 11.9. The number of nitrogens with zero attached hydrogens (tertiary/aromatic N) is 3. The molecule has 2 aromatic carbocycles. The highest BCUT2D eigenvalue weighted by Crippen LogP contribution is 2.41. The number of aromatic nitrogens is 2. The average Bonchev–Trinajstić information content (AvgIpc) is 3.27. The Morgan fingerprint density at radius 3 is 2.36 bits per heavy atom. The molecule has 36 heavy (non-hydrogen) atoms. The minimum Gasteiger partial charge on any atom is -0.452 e. The number of fused-ring (bicyclic) bond motifs is 1. The largest absolute Gasteiger partial charge is 0.452 e. The van der Waals surface area contributed by atoms with Gasteiger partial charge in [-0.05, 0) is 49.8 Å². The van der Waals surface area contributed by atoms with E-state index in [2.05, 4.69) is 18.8 Å². The van der Waals surface area contributed by atoms with Gasteiger partial charge in [0.1, 0.15) is 16.6 Å². The van der Waals surface area contributed by atoms with E-state index in [-0.39, 0.29) is 11.5 Å². The Labute approximate surface area is 215 Å². The lowest BCUT2D eigenvalue weighted by atomic mass is 9.95. The van der Waals surface area contributed by atoms with Crippen LogP contribution < -0.4 is 16.2 Å². The van der Waals surface area contributed by atoms with E-state index in [0.717, 1.165) is 27.1 Å². The topological polar surface area (TPSA) is 90.5 Å². The average molecular weight is 505 g/mol. The number of nitrogens with two attached hydrogens (primary N) is 1. The highest BCUT2D eigenvalue weighted by Gasteiger charge is 2.35. The molecule has 1 amide bonds. The predicted molar refractivity (Wildman–Crippen MR) is 149 cm³/mol. The number of anilines is 2. The monoisotopic (exact) mass is 504 g/mol. The Morgan fingerprint density at radius 1 is 1.11 bits per heavy atom. The maximum absolute atomic E-state index is 14.0. The number of hydrogen-bond donors (Lipinski definition) is 1. The summed E-state index contributed by atoms with van der Waals surface area (Å²) in [5.74, 6) is 1.14. The van der Waals surface area contributed by atoms with E-state index >= 15 is 0 Å². The standard InChI is InChI=1S/C28H32N4O3S/c1-17(2)15-31-25(32(27(34)35-6)28(3,4)5)23(18-10-8-7-9-11-18)21-14-19(12-13-20(21)26(31)33)24-30-22(29)16-36-24/h7-14,16-17H,15,29H2,1-6H3. The van der Waals surface area contributed by atoms with Gasteiger partial charge in [0, 0.05) is 34.0 Å². The van der Waals surface area contributed by atoms with Crippen LogP contribution in [-0.2, 0) is 11.3 Å². The second kappa shape index (κ2) is 9.78. The van der Waals surface area contributed by atoms with E-state index in [1.54, 1.807) is 14.8 Å². The molecule has 2 heterocycles. The SMILES string of the molecule is COC(=O)N(c1c(-c2ccccc2)c2cc(-c3nc(N)cs3)ccc2c(=O)n1CC(C)C)C(C)(C)C. The van der Waals surface area contributed by atoms with Crippen molar-refractivity contribution < 1.29 is 9.53 Å². The second-order valence-electron chi connectivity index (χ2n) is 10.2. The van der Waals surface area contributed by atoms with Crippen LogP contribution in [0.4, 0.5) is 16.4 Å². The van der Waals surface area contributed by atoms with E-state index in [1.165, 1.54) is 18.4 Å². The molecule has 0 saturated heterocycles. The normalized spacial score (nSPS) is 11.8. The Hall–Kier alpha value is -3.65. The van der Waals surface area contributed by atoms with E-state index in [1.807, 2.05) is 69.3 Å². The van der Waals surface area contributed by atoms with Crippen molar-refractivity contribution in [3.63, 3.8) is 0 Å². The zero-order chi connectivity index (χ0) is 26.2. The minimum atomic E-state index is -0.670. The van der Waals surface area contributed by atoms with E-state index < -0.39 is 11.6 Å². The van der Waals surface area contributed by atoms with Crippen LogP contribution in [0.25, 0.3) is 32.5 Å². The number of amides is 1. The number of rotatable bonds is 5. The third-order valence-corrected chi connectivity index (χ3v) is 6.77. The van der Waals surface area contributed by atoms with E-state index in [9.17, 15) is 9.59 Å². The molecule has 0 aliphatic rings. The Balaban J connectivity index is 2.22. The molecule has 0 unspecified atom stereocenters. The van der Waals surface area contributed by atoms with Gasteiger partial charge in [-0.2, -0.15) is 0 Å². The lowest BCUT2D eigenvalue weighted by Crippen LogP contribution is -2.49. The molecule has 0 aliphatic heterocycles. The molecular weight excluding hydrogens is 472 g/mol. The van der Waals surface area contributed by atoms with E-state index in [0.29, 0.717) is 23.6 Å². The fourth-order valence-electron chi connectivity index (χ4n) is 4.41. The number of thiazole rings is 1. The molecular formula is C28H32N4O3S. The van der Waals surface area contributed by atoms with Crippen LogP contribution >= 0.6 is 11.3 Å². The maximum atomic E-state index is 14.0. The molecule has 8 heteroatoms. The van der Waals surface area contributed by atoms with Crippen molar-refractivity contribution in [1.29, 1.82) is 0 Å². The van der Waals surface area contributed by atoms with Gasteiger partial charge in [-0.3, -0.25) is 14.3 Å². The first-order chi connectivity index (χ1) is 17.0. The quantitative estimate of drug-likeness (QED) is 0.339. The molecule has 0 aliphatic carbocycles. The molecule has 2 N–H and O–H groups in total. The zero-order valence-electron chi connectivity index (χ0n) is 21.5. The van der Waals surface area contributed by atoms with Crippen LogP contribution in [0.1, 0.15) is 34.6 Å². The van der Waals surface area contributed by atoms with Crippen LogP contribution in [0.15, 0.2) is 58.7 Å². The number of methoxy groups -OCH3 is 1. The molecule has 0 atom stereocenters. The third kappa shape index (κ3) is 4.73. The molecule has 0 spiro atoms. The Bertz CT molecular complexity index is 1470. The summed E-state index contributed by atoms with van der Waals surface area (Å²) in [6.45, 7) is 10.3. The van der Waals surface area contributed by atoms with Crippen molar-refractivity contribution in [3.8, 4) is 21.7 Å². The summed E-state index contributed by atoms with van der Waals surface area (Å²) in [7, 11) is 1.36. The van der Waals surface area contributed by atoms with Crippen molar-refractivity contribution in [2.75, 3.05) is 17.7 Å². The molecule has 0 radical (unpaired) electrons. The van der Waals surface area contributed by atoms with Crippen LogP contribution in [0.2, 0.25) is 0 Å². The van der Waals surface area contributed by atoms with Gasteiger partial charge in [-0.1, -0.05) is 50.2 Å². The molecule has 0 bridgehead atoms. The van der Waals surface area contributed by atoms with Gasteiger partial charge in [-0.15, -0.1) is 11.3 Å². The van der Waals surface area contributed by atoms with Gasteiger partial charge >= 0.3 is 6.09 Å². The summed E-state index contributed by atoms with van der Waals surface area (Å²) in [6.07, 6.45) is -0.528. The molecule has 2 aromatic heterocycles. The van der Waals surface area contributed by atoms with Gasteiger partial charge < -0.3 is 10.5 Å². The minimum absolute atomic E-state index is 0.156. The number of nitrogen functional groups attached to an aromatic ring is 1. The van der Waals surface area contributed by atoms with Gasteiger partial charge in [-0.25, -0.2) is 9.78 Å². The summed E-state index contributed by atoms with van der Waals surface area (Å²) in [6, 6.07) is 15.6. The summed E-state index contributed by atoms with van der Waals surface area (Å²) in [4.78, 5) is 33.3. The summed E-state index contributed by atoms with van der Waals surface area (Å²) in [5.41, 5.74) is 7.60. The van der Waals surface area contributed by atoms with Crippen molar-refractivity contribution in [2.45, 2.75) is 46.7 Å². The van der Waals surface area contributed by atoms with Gasteiger partial charge in [0.15, 0.2) is 0 Å². The van der Waals surface area contributed by atoms with Crippen molar-refractivity contribution in [2.24, 2.45) is 5.92 Å². The number of hydrogen-bond acceptors (Lipinski definition) is 6. The first-order valence-corrected chi connectivity index (χ1v) is 12.8. The molecule has 4 aromatic rings. The van der Waals surface area contributed by atoms with Crippen LogP contribution in [0.5, 0.6) is 0 Å².